The number of rotatable bonds is 13. The first kappa shape index (κ1) is 19.8. The fraction of sp³-hybridized carbons (Fsp3) is 0.609. The Labute approximate surface area is 154 Å². The van der Waals surface area contributed by atoms with Crippen LogP contribution in [0.3, 0.4) is 0 Å². The van der Waals surface area contributed by atoms with Gasteiger partial charge in [-0.3, -0.25) is 0 Å². The molecule has 0 aliphatic rings. The highest BCUT2D eigenvalue weighted by atomic mass is 15.1. The van der Waals surface area contributed by atoms with Gasteiger partial charge in [0.15, 0.2) is 0 Å². The van der Waals surface area contributed by atoms with Gasteiger partial charge in [0.25, 0.3) is 0 Å². The summed E-state index contributed by atoms with van der Waals surface area (Å²) in [5, 5.41) is 0. The van der Waals surface area contributed by atoms with Crippen LogP contribution in [0.4, 0.5) is 0 Å². The zero-order valence-corrected chi connectivity index (χ0v) is 16.4. The van der Waals surface area contributed by atoms with Gasteiger partial charge in [0.2, 0.25) is 6.33 Å². The number of hydrogen-bond acceptors (Lipinski definition) is 0. The molecule has 2 rings (SSSR count). The summed E-state index contributed by atoms with van der Waals surface area (Å²) < 4.78 is 4.65. The third kappa shape index (κ3) is 7.05. The molecule has 0 amide bonds. The second-order valence-electron chi connectivity index (χ2n) is 7.23. The predicted octanol–water partition coefficient (Wildman–Crippen LogP) is 6.31. The van der Waals surface area contributed by atoms with Gasteiger partial charge < -0.3 is 0 Å². The van der Waals surface area contributed by atoms with Crippen molar-refractivity contribution in [3.8, 4) is 0 Å². The largest absolute Gasteiger partial charge is 0.244 e. The number of aryl methyl sites for hydroxylation is 1. The Kier molecular flexibility index (Phi) is 9.40. The molecule has 2 nitrogen and oxygen atoms in total. The first-order valence-corrected chi connectivity index (χ1v) is 10.5. The molecule has 138 valence electrons. The van der Waals surface area contributed by atoms with Gasteiger partial charge in [0.05, 0.1) is 6.54 Å². The Morgan fingerprint density at radius 3 is 2.08 bits per heavy atom. The van der Waals surface area contributed by atoms with Crippen molar-refractivity contribution < 1.29 is 4.57 Å². The fourth-order valence-corrected chi connectivity index (χ4v) is 3.59. The van der Waals surface area contributed by atoms with E-state index in [1.165, 1.54) is 69.8 Å². The highest BCUT2D eigenvalue weighted by Crippen LogP contribution is 2.24. The van der Waals surface area contributed by atoms with Gasteiger partial charge >= 0.3 is 0 Å². The molecule has 1 aromatic carbocycles. The van der Waals surface area contributed by atoms with Gasteiger partial charge in [-0.1, -0.05) is 88.6 Å². The molecular weight excluding hydrogens is 304 g/mol. The lowest BCUT2D eigenvalue weighted by Crippen LogP contribution is -2.29. The Balaban J connectivity index is 1.78. The Hall–Kier alpha value is -1.57. The van der Waals surface area contributed by atoms with E-state index < -0.39 is 0 Å². The highest BCUT2D eigenvalue weighted by Gasteiger charge is 2.18. The molecule has 2 heteroatoms. The van der Waals surface area contributed by atoms with Gasteiger partial charge in [-0.2, -0.15) is 0 Å². The summed E-state index contributed by atoms with van der Waals surface area (Å²) in [6.45, 7) is 5.52. The topological polar surface area (TPSA) is 8.81 Å². The number of aromatic nitrogens is 2. The van der Waals surface area contributed by atoms with Crippen LogP contribution in [0.2, 0.25) is 0 Å². The number of imidazole rings is 1. The molecule has 2 aromatic rings. The van der Waals surface area contributed by atoms with Crippen LogP contribution >= 0.6 is 0 Å². The third-order valence-corrected chi connectivity index (χ3v) is 5.20. The van der Waals surface area contributed by atoms with Crippen LogP contribution < -0.4 is 4.57 Å². The summed E-state index contributed by atoms with van der Waals surface area (Å²) in [4.78, 5) is 0. The molecule has 0 radical (unpaired) electrons. The predicted molar refractivity (Wildman–Crippen MR) is 107 cm³/mol. The monoisotopic (exact) mass is 341 g/mol. The standard InChI is InChI=1S/C23H37N2/c1-3-5-6-7-8-9-10-11-15-18-23(22-16-13-12-14-17-22)25-20-19-24(4-2)21-25/h12-14,16-17,19-21,23H,3-11,15,18H2,1-2H3/q+1/t23-/m0/s1. The quantitative estimate of drug-likeness (QED) is 0.298. The first-order valence-electron chi connectivity index (χ1n) is 10.5. The molecule has 0 saturated carbocycles. The van der Waals surface area contributed by atoms with Crippen LogP contribution in [0.1, 0.15) is 89.7 Å². The molecule has 0 unspecified atom stereocenters. The average Bonchev–Trinajstić information content (AvgIpc) is 3.13. The van der Waals surface area contributed by atoms with Crippen LogP contribution in [0, 0.1) is 0 Å². The summed E-state index contributed by atoms with van der Waals surface area (Å²) in [5.41, 5.74) is 1.43. The third-order valence-electron chi connectivity index (χ3n) is 5.20. The molecule has 0 aliphatic heterocycles. The second-order valence-corrected chi connectivity index (χ2v) is 7.23. The fourth-order valence-electron chi connectivity index (χ4n) is 3.59. The van der Waals surface area contributed by atoms with Crippen molar-refractivity contribution in [1.29, 1.82) is 0 Å². The Bertz CT molecular complexity index is 558. The summed E-state index contributed by atoms with van der Waals surface area (Å²) in [6.07, 6.45) is 20.4. The maximum Gasteiger partial charge on any atom is 0.244 e. The van der Waals surface area contributed by atoms with E-state index in [1.807, 2.05) is 0 Å². The lowest BCUT2D eigenvalue weighted by molar-refractivity contribution is -0.693. The summed E-state index contributed by atoms with van der Waals surface area (Å²) in [5.74, 6) is 0. The van der Waals surface area contributed by atoms with E-state index in [4.69, 9.17) is 0 Å². The van der Waals surface area contributed by atoms with Crippen LogP contribution in [0.5, 0.6) is 0 Å². The molecule has 0 aliphatic carbocycles. The molecule has 25 heavy (non-hydrogen) atoms. The van der Waals surface area contributed by atoms with E-state index in [0.717, 1.165) is 6.54 Å². The lowest BCUT2D eigenvalue weighted by Gasteiger charge is -2.14. The zero-order valence-electron chi connectivity index (χ0n) is 16.4. The molecule has 0 fully saturated rings. The smallest absolute Gasteiger partial charge is 0.237 e. The molecule has 0 saturated heterocycles. The van der Waals surface area contributed by atoms with Crippen molar-refractivity contribution in [1.82, 2.24) is 4.57 Å². The minimum absolute atomic E-state index is 0.471. The van der Waals surface area contributed by atoms with E-state index in [1.54, 1.807) is 0 Å². The minimum Gasteiger partial charge on any atom is -0.237 e. The normalized spacial score (nSPS) is 12.4. The van der Waals surface area contributed by atoms with Crippen LogP contribution in [0.25, 0.3) is 0 Å². The summed E-state index contributed by atoms with van der Waals surface area (Å²) in [7, 11) is 0. The first-order chi connectivity index (χ1) is 12.3. The minimum atomic E-state index is 0.471. The molecule has 0 spiro atoms. The van der Waals surface area contributed by atoms with Gasteiger partial charge in [0.1, 0.15) is 18.4 Å². The number of nitrogens with zero attached hydrogens (tertiary/aromatic N) is 2. The van der Waals surface area contributed by atoms with Crippen molar-refractivity contribution >= 4 is 0 Å². The van der Waals surface area contributed by atoms with Crippen LogP contribution in [0.15, 0.2) is 49.1 Å². The van der Waals surface area contributed by atoms with E-state index in [2.05, 4.69) is 72.0 Å². The second kappa shape index (κ2) is 11.9. The zero-order chi connectivity index (χ0) is 17.7. The van der Waals surface area contributed by atoms with Crippen LogP contribution in [-0.4, -0.2) is 4.57 Å². The maximum atomic E-state index is 2.39. The van der Waals surface area contributed by atoms with Crippen LogP contribution in [-0.2, 0) is 6.54 Å². The number of unbranched alkanes of at least 4 members (excludes halogenated alkanes) is 8. The Morgan fingerprint density at radius 2 is 1.48 bits per heavy atom. The van der Waals surface area contributed by atoms with Gasteiger partial charge in [-0.15, -0.1) is 0 Å². The lowest BCUT2D eigenvalue weighted by atomic mass is 9.99. The number of hydrogen-bond donors (Lipinski definition) is 0. The van der Waals surface area contributed by atoms with E-state index in [-0.39, 0.29) is 0 Å². The van der Waals surface area contributed by atoms with Crippen molar-refractivity contribution in [2.75, 3.05) is 0 Å². The SMILES string of the molecule is CCCCCCCCCCC[C@@H](c1ccccc1)n1cc[n+](CC)c1. The molecule has 0 bridgehead atoms. The number of benzene rings is 1. The molecule has 1 heterocycles. The van der Waals surface area contributed by atoms with Crippen molar-refractivity contribution in [3.05, 3.63) is 54.6 Å². The van der Waals surface area contributed by atoms with Crippen molar-refractivity contribution in [2.24, 2.45) is 0 Å². The molecule has 0 N–H and O–H groups in total. The summed E-state index contributed by atoms with van der Waals surface area (Å²) >= 11 is 0. The Morgan fingerprint density at radius 1 is 0.840 bits per heavy atom. The molecular formula is C23H37N2+. The van der Waals surface area contributed by atoms with Gasteiger partial charge in [-0.05, 0) is 25.3 Å². The molecule has 1 atom stereocenters. The maximum absolute atomic E-state index is 2.39. The highest BCUT2D eigenvalue weighted by molar-refractivity contribution is 5.19. The van der Waals surface area contributed by atoms with Crippen molar-refractivity contribution in [3.63, 3.8) is 0 Å². The van der Waals surface area contributed by atoms with E-state index in [0.29, 0.717) is 6.04 Å². The van der Waals surface area contributed by atoms with E-state index >= 15 is 0 Å². The summed E-state index contributed by atoms with van der Waals surface area (Å²) in [6, 6.07) is 11.5. The van der Waals surface area contributed by atoms with Gasteiger partial charge in [-0.25, -0.2) is 9.13 Å². The van der Waals surface area contributed by atoms with Crippen molar-refractivity contribution in [2.45, 2.75) is 90.6 Å². The molecule has 1 aromatic heterocycles. The average molecular weight is 342 g/mol. The van der Waals surface area contributed by atoms with E-state index in [9.17, 15) is 0 Å². The van der Waals surface area contributed by atoms with Gasteiger partial charge in [0, 0.05) is 0 Å².